The van der Waals surface area contributed by atoms with E-state index < -0.39 is 0 Å². The molecule has 5 rings (SSSR count). The van der Waals surface area contributed by atoms with E-state index in [4.69, 9.17) is 0 Å². The first kappa shape index (κ1) is 18.8. The molecule has 1 aliphatic rings. The lowest BCUT2D eigenvalue weighted by Gasteiger charge is -2.09. The number of pyridine rings is 2. The summed E-state index contributed by atoms with van der Waals surface area (Å²) in [5.74, 6) is 7.83. The molecule has 1 amide bonds. The van der Waals surface area contributed by atoms with Gasteiger partial charge < -0.3 is 15.2 Å². The van der Waals surface area contributed by atoms with Gasteiger partial charge in [0.05, 0.1) is 11.9 Å². The van der Waals surface area contributed by atoms with Crippen molar-refractivity contribution in [3.05, 3.63) is 72.6 Å². The number of benzene rings is 1. The van der Waals surface area contributed by atoms with Crippen LogP contribution in [0.4, 0.5) is 11.6 Å². The van der Waals surface area contributed by atoms with E-state index in [0.717, 1.165) is 46.2 Å². The van der Waals surface area contributed by atoms with E-state index in [1.54, 1.807) is 24.9 Å². The second-order valence-corrected chi connectivity index (χ2v) is 7.42. The molecule has 2 N–H and O–H groups in total. The Balaban J connectivity index is 1.48. The summed E-state index contributed by atoms with van der Waals surface area (Å²) < 4.78 is 1.94. The Labute approximate surface area is 179 Å². The highest BCUT2D eigenvalue weighted by Gasteiger charge is 2.29. The molecule has 152 valence electrons. The Bertz CT molecular complexity index is 1310. The first-order chi connectivity index (χ1) is 15.2. The first-order valence-electron chi connectivity index (χ1n) is 10.1. The summed E-state index contributed by atoms with van der Waals surface area (Å²) in [6.07, 6.45) is 10.8. The van der Waals surface area contributed by atoms with Crippen molar-refractivity contribution in [2.45, 2.75) is 12.8 Å². The van der Waals surface area contributed by atoms with E-state index in [0.29, 0.717) is 5.82 Å². The number of aromatic nitrogens is 4. The van der Waals surface area contributed by atoms with Gasteiger partial charge in [-0.25, -0.2) is 15.0 Å². The number of carbonyl (C=O) groups excluding carboxylic acids is 1. The van der Waals surface area contributed by atoms with Gasteiger partial charge in [0.2, 0.25) is 5.91 Å². The number of rotatable bonds is 4. The molecule has 0 unspecified atom stereocenters. The van der Waals surface area contributed by atoms with Crippen molar-refractivity contribution < 1.29 is 4.79 Å². The maximum Gasteiger partial charge on any atom is 0.228 e. The number of amides is 1. The lowest BCUT2D eigenvalue weighted by molar-refractivity contribution is -0.117. The summed E-state index contributed by atoms with van der Waals surface area (Å²) in [5, 5.41) is 7.74. The molecular weight excluding hydrogens is 388 g/mol. The maximum atomic E-state index is 12.1. The number of anilines is 2. The van der Waals surface area contributed by atoms with Crippen LogP contribution in [-0.2, 0) is 4.79 Å². The number of hydrogen-bond acceptors (Lipinski definition) is 5. The minimum Gasteiger partial charge on any atom is -0.373 e. The number of imidazole rings is 1. The lowest BCUT2D eigenvalue weighted by atomic mass is 10.1. The van der Waals surface area contributed by atoms with E-state index in [1.165, 1.54) is 0 Å². The fourth-order valence-electron chi connectivity index (χ4n) is 3.34. The quantitative estimate of drug-likeness (QED) is 0.504. The van der Waals surface area contributed by atoms with Crippen molar-refractivity contribution >= 4 is 28.3 Å². The summed E-state index contributed by atoms with van der Waals surface area (Å²) in [6, 6.07) is 9.82. The van der Waals surface area contributed by atoms with Crippen molar-refractivity contribution in [1.29, 1.82) is 0 Å². The lowest BCUT2D eigenvalue weighted by Crippen LogP contribution is -2.14. The monoisotopic (exact) mass is 408 g/mol. The van der Waals surface area contributed by atoms with Crippen LogP contribution in [0.5, 0.6) is 0 Å². The van der Waals surface area contributed by atoms with Crippen molar-refractivity contribution in [3.8, 4) is 17.5 Å². The minimum absolute atomic E-state index is 0.0281. The number of fused-ring (bicyclic) bond motifs is 1. The molecule has 0 bridgehead atoms. The van der Waals surface area contributed by atoms with E-state index in [-0.39, 0.29) is 11.8 Å². The fourth-order valence-corrected chi connectivity index (χ4v) is 3.34. The smallest absolute Gasteiger partial charge is 0.228 e. The Morgan fingerprint density at radius 2 is 1.94 bits per heavy atom. The van der Waals surface area contributed by atoms with Crippen molar-refractivity contribution in [1.82, 2.24) is 19.5 Å². The van der Waals surface area contributed by atoms with Crippen LogP contribution in [0.15, 0.2) is 61.4 Å². The normalized spacial score (nSPS) is 12.8. The Kier molecular flexibility index (Phi) is 4.81. The van der Waals surface area contributed by atoms with E-state index >= 15 is 0 Å². The van der Waals surface area contributed by atoms with Crippen LogP contribution in [0.3, 0.4) is 0 Å². The van der Waals surface area contributed by atoms with Crippen LogP contribution >= 0.6 is 0 Å². The predicted octanol–water partition coefficient (Wildman–Crippen LogP) is 3.61. The number of carbonyl (C=O) groups is 1. The molecule has 3 heterocycles. The third kappa shape index (κ3) is 3.96. The van der Waals surface area contributed by atoms with Gasteiger partial charge >= 0.3 is 0 Å². The molecule has 0 spiro atoms. The fraction of sp³-hybridized carbons (Fsp3) is 0.167. The van der Waals surface area contributed by atoms with Gasteiger partial charge in [0, 0.05) is 59.8 Å². The summed E-state index contributed by atoms with van der Waals surface area (Å²) in [7, 11) is 1.82. The molecule has 1 fully saturated rings. The average molecular weight is 408 g/mol. The molecule has 1 saturated carbocycles. The molecule has 0 saturated heterocycles. The topological polar surface area (TPSA) is 84.7 Å². The van der Waals surface area contributed by atoms with Crippen LogP contribution in [0.2, 0.25) is 0 Å². The summed E-state index contributed by atoms with van der Waals surface area (Å²) in [4.78, 5) is 25.1. The Hall–Kier alpha value is -4.18. The third-order valence-electron chi connectivity index (χ3n) is 5.22. The molecule has 0 atom stereocenters. The summed E-state index contributed by atoms with van der Waals surface area (Å²) >= 11 is 0. The zero-order chi connectivity index (χ0) is 21.2. The molecule has 1 aromatic carbocycles. The molecule has 0 radical (unpaired) electrons. The van der Waals surface area contributed by atoms with Gasteiger partial charge in [0.25, 0.3) is 0 Å². The summed E-state index contributed by atoms with van der Waals surface area (Å²) in [5.41, 5.74) is 2.69. The highest BCUT2D eigenvalue weighted by Crippen LogP contribution is 2.31. The van der Waals surface area contributed by atoms with Gasteiger partial charge in [0.1, 0.15) is 11.6 Å². The highest BCUT2D eigenvalue weighted by molar-refractivity contribution is 5.99. The summed E-state index contributed by atoms with van der Waals surface area (Å²) in [6.45, 7) is 0. The van der Waals surface area contributed by atoms with Crippen LogP contribution in [0.1, 0.15) is 24.0 Å². The van der Waals surface area contributed by atoms with E-state index in [2.05, 4.69) is 37.4 Å². The molecular formula is C24H20N6O. The first-order valence-corrected chi connectivity index (χ1v) is 10.1. The van der Waals surface area contributed by atoms with Crippen LogP contribution < -0.4 is 10.6 Å². The number of nitrogens with one attached hydrogen (secondary N) is 2. The molecule has 7 nitrogen and oxygen atoms in total. The molecule has 4 aromatic rings. The van der Waals surface area contributed by atoms with Crippen molar-refractivity contribution in [2.24, 2.45) is 5.92 Å². The van der Waals surface area contributed by atoms with Gasteiger partial charge in [0.15, 0.2) is 0 Å². The second-order valence-electron chi connectivity index (χ2n) is 7.42. The molecule has 3 aromatic heterocycles. The van der Waals surface area contributed by atoms with Crippen LogP contribution in [0.25, 0.3) is 16.5 Å². The zero-order valence-corrected chi connectivity index (χ0v) is 17.0. The highest BCUT2D eigenvalue weighted by atomic mass is 16.2. The van der Waals surface area contributed by atoms with Crippen LogP contribution in [0, 0.1) is 17.8 Å². The van der Waals surface area contributed by atoms with Crippen LogP contribution in [-0.4, -0.2) is 32.5 Å². The zero-order valence-electron chi connectivity index (χ0n) is 17.0. The van der Waals surface area contributed by atoms with E-state index in [1.807, 2.05) is 48.1 Å². The number of nitrogens with zero attached hydrogens (tertiary/aromatic N) is 4. The van der Waals surface area contributed by atoms with Gasteiger partial charge in [-0.05, 0) is 43.2 Å². The molecule has 0 aliphatic heterocycles. The maximum absolute atomic E-state index is 12.1. The molecule has 1 aliphatic carbocycles. The van der Waals surface area contributed by atoms with E-state index in [9.17, 15) is 4.79 Å². The minimum atomic E-state index is 0.0281. The van der Waals surface area contributed by atoms with Gasteiger partial charge in [-0.3, -0.25) is 4.79 Å². The third-order valence-corrected chi connectivity index (χ3v) is 5.22. The molecule has 7 heteroatoms. The molecule has 31 heavy (non-hydrogen) atoms. The number of hydrogen-bond donors (Lipinski definition) is 2. The predicted molar refractivity (Wildman–Crippen MR) is 120 cm³/mol. The van der Waals surface area contributed by atoms with Crippen molar-refractivity contribution in [3.63, 3.8) is 0 Å². The Morgan fingerprint density at radius 1 is 1.10 bits per heavy atom. The average Bonchev–Trinajstić information content (AvgIpc) is 3.52. The van der Waals surface area contributed by atoms with Gasteiger partial charge in [-0.1, -0.05) is 11.8 Å². The second kappa shape index (κ2) is 7.92. The van der Waals surface area contributed by atoms with Gasteiger partial charge in [-0.15, -0.1) is 0 Å². The standard InChI is InChI=1S/C24H20N6O/c1-25-23-21-14-27-22(29-24(31)17-6-7-17)12-20(21)18(13-28-23)5-2-16-3-8-19(9-4-16)30-11-10-26-15-30/h3-4,8-15,17H,6-7H2,1H3,(H,25,28)(H,27,29,31). The van der Waals surface area contributed by atoms with Crippen molar-refractivity contribution in [2.75, 3.05) is 17.7 Å². The largest absolute Gasteiger partial charge is 0.373 e. The van der Waals surface area contributed by atoms with Gasteiger partial charge in [-0.2, -0.15) is 0 Å². The SMILES string of the molecule is CNc1ncc(C#Cc2ccc(-n3ccnc3)cc2)c2cc(NC(=O)C3CC3)ncc12. The Morgan fingerprint density at radius 3 is 2.65 bits per heavy atom.